The van der Waals surface area contributed by atoms with E-state index in [2.05, 4.69) is 27.7 Å². The third kappa shape index (κ3) is 5.52. The van der Waals surface area contributed by atoms with Gasteiger partial charge in [-0.05, 0) is 60.3 Å². The summed E-state index contributed by atoms with van der Waals surface area (Å²) in [6, 6.07) is 3.53. The van der Waals surface area contributed by atoms with Crippen molar-refractivity contribution in [1.29, 1.82) is 0 Å². The van der Waals surface area contributed by atoms with E-state index < -0.39 is 5.97 Å². The van der Waals surface area contributed by atoms with E-state index in [1.54, 1.807) is 12.1 Å². The second-order valence-corrected chi connectivity index (χ2v) is 8.70. The molecular formula is C24H36O4. The zero-order valence-corrected chi connectivity index (χ0v) is 17.8. The van der Waals surface area contributed by atoms with Crippen LogP contribution < -0.4 is 0 Å². The first-order chi connectivity index (χ1) is 13.2. The number of carboxylic acids is 1. The molecule has 2 rings (SSSR count). The number of aliphatic carboxylic acids is 1. The predicted octanol–water partition coefficient (Wildman–Crippen LogP) is 6.47. The van der Waals surface area contributed by atoms with Crippen molar-refractivity contribution >= 4 is 11.5 Å². The first-order valence-electron chi connectivity index (χ1n) is 10.7. The van der Waals surface area contributed by atoms with Crippen LogP contribution in [0.15, 0.2) is 17.7 Å². The number of carboxylic acid groups (broad SMARTS) is 1. The van der Waals surface area contributed by atoms with Gasteiger partial charge in [0, 0.05) is 0 Å². The molecule has 1 aliphatic rings. The molecule has 0 bridgehead atoms. The molecule has 156 valence electrons. The number of hydrogen-bond acceptors (Lipinski definition) is 3. The van der Waals surface area contributed by atoms with Crippen molar-refractivity contribution in [3.05, 3.63) is 28.8 Å². The molecule has 0 radical (unpaired) electrons. The highest BCUT2D eigenvalue weighted by Gasteiger charge is 2.26. The highest BCUT2D eigenvalue weighted by Crippen LogP contribution is 2.45. The van der Waals surface area contributed by atoms with Gasteiger partial charge in [0.2, 0.25) is 0 Å². The quantitative estimate of drug-likeness (QED) is 0.424. The van der Waals surface area contributed by atoms with E-state index in [1.165, 1.54) is 19.3 Å². The standard InChI is InChI=1S/C24H36O4/c1-5-6-7-8-16(3)17(4)19-12-21(25)24(22(26)13-19)20-11-15(2)9-10-18(20)14-23(27)28/h12-13,15-17,25-26H,5-11,14H2,1-4H3,(H,27,28). The van der Waals surface area contributed by atoms with Crippen LogP contribution in [0.4, 0.5) is 0 Å². The fourth-order valence-electron chi connectivity index (χ4n) is 4.32. The Kier molecular flexibility index (Phi) is 7.97. The monoisotopic (exact) mass is 388 g/mol. The highest BCUT2D eigenvalue weighted by atomic mass is 16.4. The number of carbonyl (C=O) groups is 1. The molecule has 1 aromatic carbocycles. The van der Waals surface area contributed by atoms with Crippen LogP contribution in [0.3, 0.4) is 0 Å². The van der Waals surface area contributed by atoms with Gasteiger partial charge >= 0.3 is 5.97 Å². The second-order valence-electron chi connectivity index (χ2n) is 8.70. The summed E-state index contributed by atoms with van der Waals surface area (Å²) >= 11 is 0. The molecule has 0 amide bonds. The largest absolute Gasteiger partial charge is 0.507 e. The molecule has 0 aromatic heterocycles. The van der Waals surface area contributed by atoms with Gasteiger partial charge in [0.1, 0.15) is 11.5 Å². The van der Waals surface area contributed by atoms with Crippen LogP contribution >= 0.6 is 0 Å². The van der Waals surface area contributed by atoms with E-state index in [1.807, 2.05) is 0 Å². The number of benzene rings is 1. The third-order valence-electron chi connectivity index (χ3n) is 6.35. The van der Waals surface area contributed by atoms with Crippen molar-refractivity contribution in [3.63, 3.8) is 0 Å². The molecule has 28 heavy (non-hydrogen) atoms. The Morgan fingerprint density at radius 1 is 1.18 bits per heavy atom. The lowest BCUT2D eigenvalue weighted by Crippen LogP contribution is -2.11. The molecule has 4 nitrogen and oxygen atoms in total. The van der Waals surface area contributed by atoms with E-state index in [9.17, 15) is 20.1 Å². The van der Waals surface area contributed by atoms with E-state index >= 15 is 0 Å². The Labute approximate surface area is 169 Å². The van der Waals surface area contributed by atoms with Gasteiger partial charge in [0.15, 0.2) is 0 Å². The smallest absolute Gasteiger partial charge is 0.307 e. The van der Waals surface area contributed by atoms with Gasteiger partial charge < -0.3 is 15.3 Å². The van der Waals surface area contributed by atoms with Gasteiger partial charge in [-0.15, -0.1) is 0 Å². The molecule has 1 aromatic rings. The maximum atomic E-state index is 11.3. The highest BCUT2D eigenvalue weighted by molar-refractivity contribution is 5.82. The van der Waals surface area contributed by atoms with Crippen LogP contribution in [0.25, 0.3) is 5.57 Å². The number of hydrogen-bond donors (Lipinski definition) is 3. The van der Waals surface area contributed by atoms with Crippen molar-refractivity contribution < 1.29 is 20.1 Å². The third-order valence-corrected chi connectivity index (χ3v) is 6.35. The molecule has 3 N–H and O–H groups in total. The number of phenolic OH excluding ortho intramolecular Hbond substituents is 2. The number of aromatic hydroxyl groups is 2. The lowest BCUT2D eigenvalue weighted by Gasteiger charge is -2.27. The lowest BCUT2D eigenvalue weighted by molar-refractivity contribution is -0.136. The van der Waals surface area contributed by atoms with Gasteiger partial charge in [-0.1, -0.05) is 59.0 Å². The number of phenols is 2. The van der Waals surface area contributed by atoms with Crippen LogP contribution in [-0.2, 0) is 4.79 Å². The summed E-state index contributed by atoms with van der Waals surface area (Å²) in [5.74, 6) is 0.369. The predicted molar refractivity (Wildman–Crippen MR) is 114 cm³/mol. The van der Waals surface area contributed by atoms with Crippen LogP contribution in [0.1, 0.15) is 96.1 Å². The van der Waals surface area contributed by atoms with E-state index in [0.717, 1.165) is 29.6 Å². The van der Waals surface area contributed by atoms with Crippen LogP contribution in [0, 0.1) is 11.8 Å². The molecule has 0 saturated heterocycles. The number of allylic oxidation sites excluding steroid dienone is 1. The summed E-state index contributed by atoms with van der Waals surface area (Å²) < 4.78 is 0. The van der Waals surface area contributed by atoms with Gasteiger partial charge in [-0.25, -0.2) is 0 Å². The van der Waals surface area contributed by atoms with E-state index in [0.29, 0.717) is 30.2 Å². The summed E-state index contributed by atoms with van der Waals surface area (Å²) in [7, 11) is 0. The molecule has 3 atom stereocenters. The average molecular weight is 389 g/mol. The zero-order chi connectivity index (χ0) is 20.8. The van der Waals surface area contributed by atoms with Crippen LogP contribution in [-0.4, -0.2) is 21.3 Å². The minimum absolute atomic E-state index is 0.0342. The topological polar surface area (TPSA) is 77.8 Å². The maximum absolute atomic E-state index is 11.3. The molecular weight excluding hydrogens is 352 g/mol. The first-order valence-corrected chi connectivity index (χ1v) is 10.7. The Hall–Kier alpha value is -1.97. The normalized spacial score (nSPS) is 19.5. The lowest BCUT2D eigenvalue weighted by atomic mass is 9.79. The summed E-state index contributed by atoms with van der Waals surface area (Å²) in [6.07, 6.45) is 7.05. The van der Waals surface area contributed by atoms with E-state index in [-0.39, 0.29) is 23.8 Å². The molecule has 1 aliphatic carbocycles. The number of rotatable bonds is 9. The fraction of sp³-hybridized carbons (Fsp3) is 0.625. The summed E-state index contributed by atoms with van der Waals surface area (Å²) in [4.78, 5) is 11.3. The molecule has 0 fully saturated rings. The van der Waals surface area contributed by atoms with Gasteiger partial charge in [0.05, 0.1) is 12.0 Å². The fourth-order valence-corrected chi connectivity index (χ4v) is 4.32. The van der Waals surface area contributed by atoms with Crippen molar-refractivity contribution in [1.82, 2.24) is 0 Å². The average Bonchev–Trinajstić information content (AvgIpc) is 2.62. The Bertz CT molecular complexity index is 696. The summed E-state index contributed by atoms with van der Waals surface area (Å²) in [5.41, 5.74) is 3.00. The van der Waals surface area contributed by atoms with Crippen molar-refractivity contribution in [2.75, 3.05) is 0 Å². The maximum Gasteiger partial charge on any atom is 0.307 e. The minimum atomic E-state index is -0.868. The molecule has 0 spiro atoms. The molecule has 0 aliphatic heterocycles. The van der Waals surface area contributed by atoms with Crippen LogP contribution in [0.2, 0.25) is 0 Å². The SMILES string of the molecule is CCCCCC(C)C(C)c1cc(O)c(C2=C(CC(=O)O)CCC(C)C2)c(O)c1. The Morgan fingerprint density at radius 2 is 1.82 bits per heavy atom. The first kappa shape index (κ1) is 22.3. The Morgan fingerprint density at radius 3 is 2.39 bits per heavy atom. The van der Waals surface area contributed by atoms with Gasteiger partial charge in [-0.3, -0.25) is 4.79 Å². The van der Waals surface area contributed by atoms with Crippen molar-refractivity contribution in [2.45, 2.75) is 85.0 Å². The van der Waals surface area contributed by atoms with Gasteiger partial charge in [-0.2, -0.15) is 0 Å². The van der Waals surface area contributed by atoms with Gasteiger partial charge in [0.25, 0.3) is 0 Å². The number of unbranched alkanes of at least 4 members (excludes halogenated alkanes) is 2. The minimum Gasteiger partial charge on any atom is -0.507 e. The van der Waals surface area contributed by atoms with E-state index in [4.69, 9.17) is 0 Å². The summed E-state index contributed by atoms with van der Waals surface area (Å²) in [5, 5.41) is 30.8. The molecule has 0 saturated carbocycles. The molecule has 4 heteroatoms. The molecule has 0 heterocycles. The molecule has 3 unspecified atom stereocenters. The zero-order valence-electron chi connectivity index (χ0n) is 17.8. The van der Waals surface area contributed by atoms with Crippen LogP contribution in [0.5, 0.6) is 11.5 Å². The van der Waals surface area contributed by atoms with Crippen molar-refractivity contribution in [2.24, 2.45) is 11.8 Å². The van der Waals surface area contributed by atoms with Crippen molar-refractivity contribution in [3.8, 4) is 11.5 Å². The second kappa shape index (κ2) is 9.99. The Balaban J connectivity index is 2.34. The summed E-state index contributed by atoms with van der Waals surface area (Å²) in [6.45, 7) is 8.68.